The molecule has 0 unspecified atom stereocenters. The average molecular weight is 495 g/mol. The van der Waals surface area contributed by atoms with Gasteiger partial charge in [0.2, 0.25) is 0 Å². The first-order valence-electron chi connectivity index (χ1n) is 11.8. The van der Waals surface area contributed by atoms with Crippen molar-refractivity contribution in [3.8, 4) is 5.75 Å². The Hall–Kier alpha value is -3.23. The molecule has 0 amide bonds. The highest BCUT2D eigenvalue weighted by Crippen LogP contribution is 2.39. The molecule has 0 saturated heterocycles. The number of rotatable bonds is 9. The van der Waals surface area contributed by atoms with Crippen molar-refractivity contribution >= 4 is 34.0 Å². The van der Waals surface area contributed by atoms with Crippen molar-refractivity contribution < 1.29 is 9.52 Å². The van der Waals surface area contributed by atoms with Crippen LogP contribution in [0.3, 0.4) is 0 Å². The number of aromatic hydroxyl groups is 1. The maximum Gasteiger partial charge on any atom is 0.343 e. The number of nitrogens with two attached hydrogens (primary N) is 1. The fraction of sp³-hybridized carbons (Fsp3) is 0.370. The molecule has 0 bridgehead atoms. The summed E-state index contributed by atoms with van der Waals surface area (Å²) in [5.74, 6) is -0.917. The van der Waals surface area contributed by atoms with E-state index in [0.29, 0.717) is 23.2 Å². The zero-order chi connectivity index (χ0) is 25.7. The molecule has 0 aliphatic rings. The predicted octanol–water partition coefficient (Wildman–Crippen LogP) is 4.57. The van der Waals surface area contributed by atoms with Gasteiger partial charge in [-0.25, -0.2) is 4.79 Å². The van der Waals surface area contributed by atoms with Gasteiger partial charge in [0.05, 0.1) is 10.9 Å². The number of benzene rings is 2. The summed E-state index contributed by atoms with van der Waals surface area (Å²) in [6.45, 7) is 11.0. The van der Waals surface area contributed by atoms with Crippen molar-refractivity contribution in [1.82, 2.24) is 10.3 Å². The first kappa shape index (κ1) is 26.4. The molecule has 1 heterocycles. The number of nitrogens with one attached hydrogen (secondary N) is 1. The molecule has 0 aliphatic heterocycles. The van der Waals surface area contributed by atoms with Crippen molar-refractivity contribution in [2.24, 2.45) is 16.8 Å². The summed E-state index contributed by atoms with van der Waals surface area (Å²) in [7, 11) is 0. The Balaban J connectivity index is 2.30. The minimum absolute atomic E-state index is 0.0528. The Kier molecular flexibility index (Phi) is 8.64. The van der Waals surface area contributed by atoms with E-state index in [1.165, 1.54) is 0 Å². The highest BCUT2D eigenvalue weighted by molar-refractivity contribution is 7.80. The van der Waals surface area contributed by atoms with Crippen LogP contribution in [0.25, 0.3) is 11.0 Å². The molecule has 0 radical (unpaired) electrons. The van der Waals surface area contributed by atoms with Crippen LogP contribution in [-0.4, -0.2) is 39.5 Å². The van der Waals surface area contributed by atoms with E-state index in [4.69, 9.17) is 22.4 Å². The van der Waals surface area contributed by atoms with Gasteiger partial charge in [-0.3, -0.25) is 10.3 Å². The SMILES string of the molecule is C/C(=N/NC(N)=S)[C@H](CN(C(C)C)C(C)C)[C@H](c1ccccc1)c1c(O)c2ccccc2oc1=O. The normalized spacial score (nSPS) is 14.0. The third kappa shape index (κ3) is 6.07. The van der Waals surface area contributed by atoms with Crippen LogP contribution >= 0.6 is 12.2 Å². The lowest BCUT2D eigenvalue weighted by Gasteiger charge is -2.37. The molecule has 8 heteroatoms. The Labute approximate surface area is 211 Å². The predicted molar refractivity (Wildman–Crippen MR) is 146 cm³/mol. The van der Waals surface area contributed by atoms with Crippen LogP contribution in [-0.2, 0) is 0 Å². The topological polar surface area (TPSA) is 104 Å². The van der Waals surface area contributed by atoms with Gasteiger partial charge in [-0.05, 0) is 64.5 Å². The third-order valence-corrected chi connectivity index (χ3v) is 6.40. The maximum atomic E-state index is 13.4. The first-order chi connectivity index (χ1) is 16.6. The second-order valence-electron chi connectivity index (χ2n) is 9.26. The zero-order valence-corrected chi connectivity index (χ0v) is 21.7. The minimum Gasteiger partial charge on any atom is -0.507 e. The van der Waals surface area contributed by atoms with Gasteiger partial charge in [0.25, 0.3) is 0 Å². The summed E-state index contributed by atoms with van der Waals surface area (Å²) in [5.41, 5.74) is 9.87. The van der Waals surface area contributed by atoms with E-state index in [9.17, 15) is 9.90 Å². The Morgan fingerprint density at radius 1 is 1.09 bits per heavy atom. The van der Waals surface area contributed by atoms with Crippen LogP contribution in [0.4, 0.5) is 0 Å². The summed E-state index contributed by atoms with van der Waals surface area (Å²) in [5, 5.41) is 16.4. The monoisotopic (exact) mass is 494 g/mol. The van der Waals surface area contributed by atoms with Crippen LogP contribution in [0.5, 0.6) is 5.75 Å². The zero-order valence-electron chi connectivity index (χ0n) is 20.9. The average Bonchev–Trinajstić information content (AvgIpc) is 2.81. The van der Waals surface area contributed by atoms with E-state index in [1.54, 1.807) is 24.3 Å². The molecule has 186 valence electrons. The Bertz CT molecular complexity index is 1250. The van der Waals surface area contributed by atoms with E-state index in [0.717, 1.165) is 5.56 Å². The number of hydrogen-bond acceptors (Lipinski definition) is 6. The Morgan fingerprint density at radius 3 is 2.29 bits per heavy atom. The lowest BCUT2D eigenvalue weighted by Crippen LogP contribution is -2.44. The molecule has 1 aromatic heterocycles. The van der Waals surface area contributed by atoms with Crippen molar-refractivity contribution in [2.45, 2.75) is 52.6 Å². The highest BCUT2D eigenvalue weighted by Gasteiger charge is 2.35. The number of fused-ring (bicyclic) bond motifs is 1. The molecule has 0 spiro atoms. The molecule has 0 aliphatic carbocycles. The van der Waals surface area contributed by atoms with Gasteiger partial charge in [-0.2, -0.15) is 5.10 Å². The van der Waals surface area contributed by atoms with Gasteiger partial charge in [-0.15, -0.1) is 0 Å². The van der Waals surface area contributed by atoms with Crippen LogP contribution < -0.4 is 16.8 Å². The molecule has 3 aromatic rings. The molecule has 0 fully saturated rings. The summed E-state index contributed by atoms with van der Waals surface area (Å²) >= 11 is 4.96. The largest absolute Gasteiger partial charge is 0.507 e. The van der Waals surface area contributed by atoms with E-state index < -0.39 is 11.5 Å². The number of nitrogens with zero attached hydrogens (tertiary/aromatic N) is 2. The van der Waals surface area contributed by atoms with Gasteiger partial charge in [0.1, 0.15) is 11.3 Å². The standard InChI is InChI=1S/C27H34N4O3S/c1-16(2)31(17(3)4)15-21(18(5)29-30-27(28)35)23(19-11-7-6-8-12-19)24-25(32)20-13-9-10-14-22(20)34-26(24)33/h6-14,16-17,21,23,32H,15H2,1-5H3,(H3,28,30,35)/b29-18-/t21-,23-/m0/s1. The van der Waals surface area contributed by atoms with Crippen molar-refractivity contribution in [3.05, 3.63) is 76.1 Å². The summed E-state index contributed by atoms with van der Waals surface area (Å²) < 4.78 is 5.68. The van der Waals surface area contributed by atoms with Gasteiger partial charge >= 0.3 is 5.63 Å². The van der Waals surface area contributed by atoms with Gasteiger partial charge in [0.15, 0.2) is 5.11 Å². The van der Waals surface area contributed by atoms with Crippen LogP contribution in [0.2, 0.25) is 0 Å². The third-order valence-electron chi connectivity index (χ3n) is 6.31. The molecule has 2 aromatic carbocycles. The van der Waals surface area contributed by atoms with Gasteiger partial charge in [0, 0.05) is 36.2 Å². The minimum atomic E-state index is -0.573. The van der Waals surface area contributed by atoms with E-state index in [-0.39, 0.29) is 34.4 Å². The number of para-hydroxylation sites is 1. The fourth-order valence-electron chi connectivity index (χ4n) is 4.63. The molecule has 7 nitrogen and oxygen atoms in total. The van der Waals surface area contributed by atoms with Gasteiger partial charge in [-0.1, -0.05) is 42.5 Å². The van der Waals surface area contributed by atoms with E-state index in [1.807, 2.05) is 37.3 Å². The molecule has 0 saturated carbocycles. The molecule has 35 heavy (non-hydrogen) atoms. The molecule has 2 atom stereocenters. The lowest BCUT2D eigenvalue weighted by molar-refractivity contribution is 0.156. The highest BCUT2D eigenvalue weighted by atomic mass is 32.1. The summed E-state index contributed by atoms with van der Waals surface area (Å²) in [4.78, 5) is 15.7. The van der Waals surface area contributed by atoms with Crippen molar-refractivity contribution in [1.29, 1.82) is 0 Å². The summed E-state index contributed by atoms with van der Waals surface area (Å²) in [6.07, 6.45) is 0. The van der Waals surface area contributed by atoms with Crippen LogP contribution in [0.15, 0.2) is 68.9 Å². The molecular formula is C27H34N4O3S. The molecule has 3 rings (SSSR count). The summed E-state index contributed by atoms with van der Waals surface area (Å²) in [6, 6.07) is 17.1. The van der Waals surface area contributed by atoms with Crippen LogP contribution in [0, 0.1) is 5.92 Å². The van der Waals surface area contributed by atoms with E-state index in [2.05, 4.69) is 43.1 Å². The maximum absolute atomic E-state index is 13.4. The van der Waals surface area contributed by atoms with Crippen molar-refractivity contribution in [2.75, 3.05) is 6.54 Å². The molecule has 4 N–H and O–H groups in total. The fourth-order valence-corrected chi connectivity index (χ4v) is 4.68. The second kappa shape index (κ2) is 11.5. The quantitative estimate of drug-likeness (QED) is 0.173. The smallest absolute Gasteiger partial charge is 0.343 e. The second-order valence-corrected chi connectivity index (χ2v) is 9.70. The first-order valence-corrected chi connectivity index (χ1v) is 12.2. The number of hydrazone groups is 1. The van der Waals surface area contributed by atoms with Crippen molar-refractivity contribution in [3.63, 3.8) is 0 Å². The lowest BCUT2D eigenvalue weighted by atomic mass is 9.77. The van der Waals surface area contributed by atoms with Crippen LogP contribution in [0.1, 0.15) is 51.7 Å². The number of hydrogen-bond donors (Lipinski definition) is 3. The Morgan fingerprint density at radius 2 is 1.69 bits per heavy atom. The molecular weight excluding hydrogens is 460 g/mol. The number of thiocarbonyl (C=S) groups is 1. The van der Waals surface area contributed by atoms with E-state index >= 15 is 0 Å². The van der Waals surface area contributed by atoms with Gasteiger partial charge < -0.3 is 15.3 Å².